The SMILES string of the molecule is C[C@@H]1CCCN1CCc1ccc(C2CCCC3CN(C(=O)C4CCOCC4)CC32)cc1. The summed E-state index contributed by atoms with van der Waals surface area (Å²) in [7, 11) is 0. The molecule has 4 aliphatic rings. The maximum atomic E-state index is 13.1. The van der Waals surface area contributed by atoms with Gasteiger partial charge in [0.15, 0.2) is 0 Å². The first-order valence-electron chi connectivity index (χ1n) is 12.9. The van der Waals surface area contributed by atoms with Crippen LogP contribution < -0.4 is 0 Å². The zero-order valence-electron chi connectivity index (χ0n) is 19.3. The Morgan fingerprint density at radius 3 is 2.55 bits per heavy atom. The topological polar surface area (TPSA) is 32.8 Å². The molecule has 170 valence electrons. The molecule has 5 rings (SSSR count). The summed E-state index contributed by atoms with van der Waals surface area (Å²) in [6.45, 7) is 8.30. The Balaban J connectivity index is 1.20. The second-order valence-corrected chi connectivity index (χ2v) is 10.6. The molecule has 0 radical (unpaired) electrons. The predicted molar refractivity (Wildman–Crippen MR) is 124 cm³/mol. The summed E-state index contributed by atoms with van der Waals surface area (Å²) >= 11 is 0. The van der Waals surface area contributed by atoms with E-state index in [2.05, 4.69) is 41.0 Å². The number of amides is 1. The predicted octanol–water partition coefficient (Wildman–Crippen LogP) is 4.48. The fourth-order valence-corrected chi connectivity index (χ4v) is 6.80. The third-order valence-electron chi connectivity index (χ3n) is 8.77. The van der Waals surface area contributed by atoms with Gasteiger partial charge in [-0.15, -0.1) is 0 Å². The number of likely N-dealkylation sites (tertiary alicyclic amines) is 2. The van der Waals surface area contributed by atoms with Crippen LogP contribution in [0.2, 0.25) is 0 Å². The van der Waals surface area contributed by atoms with E-state index in [9.17, 15) is 4.79 Å². The summed E-state index contributed by atoms with van der Waals surface area (Å²) in [5.74, 6) is 2.57. The van der Waals surface area contributed by atoms with Crippen LogP contribution in [0.1, 0.15) is 68.9 Å². The number of rotatable bonds is 5. The summed E-state index contributed by atoms with van der Waals surface area (Å²) in [6.07, 6.45) is 9.58. The molecule has 3 heterocycles. The molecule has 31 heavy (non-hydrogen) atoms. The lowest BCUT2D eigenvalue weighted by Crippen LogP contribution is -2.37. The molecule has 1 amide bonds. The molecule has 4 heteroatoms. The van der Waals surface area contributed by atoms with Crippen molar-refractivity contribution in [2.45, 2.75) is 70.3 Å². The van der Waals surface area contributed by atoms with E-state index in [1.807, 2.05) is 0 Å². The first kappa shape index (κ1) is 21.5. The number of carbonyl (C=O) groups is 1. The molecule has 3 saturated heterocycles. The summed E-state index contributed by atoms with van der Waals surface area (Å²) in [6, 6.07) is 10.3. The van der Waals surface area contributed by atoms with Crippen molar-refractivity contribution < 1.29 is 9.53 Å². The summed E-state index contributed by atoms with van der Waals surface area (Å²) < 4.78 is 5.47. The molecule has 4 fully saturated rings. The van der Waals surface area contributed by atoms with E-state index in [4.69, 9.17) is 4.74 Å². The van der Waals surface area contributed by atoms with Crippen molar-refractivity contribution in [3.63, 3.8) is 0 Å². The summed E-state index contributed by atoms with van der Waals surface area (Å²) in [5, 5.41) is 0. The fourth-order valence-electron chi connectivity index (χ4n) is 6.80. The van der Waals surface area contributed by atoms with Gasteiger partial charge in [-0.05, 0) is 87.3 Å². The smallest absolute Gasteiger partial charge is 0.225 e. The lowest BCUT2D eigenvalue weighted by molar-refractivity contribution is -0.137. The maximum absolute atomic E-state index is 13.1. The molecule has 0 aromatic heterocycles. The largest absolute Gasteiger partial charge is 0.381 e. The van der Waals surface area contributed by atoms with Crippen LogP contribution in [0.15, 0.2) is 24.3 Å². The highest BCUT2D eigenvalue weighted by Crippen LogP contribution is 2.45. The van der Waals surface area contributed by atoms with Crippen LogP contribution in [0, 0.1) is 17.8 Å². The molecular weight excluding hydrogens is 384 g/mol. The van der Waals surface area contributed by atoms with Crippen molar-refractivity contribution in [2.75, 3.05) is 39.4 Å². The van der Waals surface area contributed by atoms with Gasteiger partial charge in [-0.25, -0.2) is 0 Å². The molecule has 1 saturated carbocycles. The van der Waals surface area contributed by atoms with E-state index in [-0.39, 0.29) is 5.92 Å². The number of ether oxygens (including phenoxy) is 1. The van der Waals surface area contributed by atoms with Gasteiger partial charge in [-0.1, -0.05) is 30.7 Å². The zero-order valence-corrected chi connectivity index (χ0v) is 19.3. The average Bonchev–Trinajstić information content (AvgIpc) is 3.44. The average molecular weight is 425 g/mol. The Hall–Kier alpha value is -1.39. The van der Waals surface area contributed by atoms with E-state index in [0.717, 1.165) is 51.6 Å². The molecule has 4 nitrogen and oxygen atoms in total. The second kappa shape index (κ2) is 9.62. The van der Waals surface area contributed by atoms with Gasteiger partial charge in [0.2, 0.25) is 5.91 Å². The second-order valence-electron chi connectivity index (χ2n) is 10.6. The summed E-state index contributed by atoms with van der Waals surface area (Å²) in [4.78, 5) is 18.0. The Morgan fingerprint density at radius 2 is 1.81 bits per heavy atom. The van der Waals surface area contributed by atoms with Crippen LogP contribution in [-0.2, 0) is 16.0 Å². The quantitative estimate of drug-likeness (QED) is 0.699. The van der Waals surface area contributed by atoms with E-state index in [1.165, 1.54) is 56.3 Å². The molecule has 4 atom stereocenters. The van der Waals surface area contributed by atoms with Crippen molar-refractivity contribution in [3.8, 4) is 0 Å². The van der Waals surface area contributed by atoms with E-state index in [0.29, 0.717) is 23.7 Å². The Morgan fingerprint density at radius 1 is 1.00 bits per heavy atom. The van der Waals surface area contributed by atoms with Gasteiger partial charge in [-0.2, -0.15) is 0 Å². The van der Waals surface area contributed by atoms with Gasteiger partial charge in [0, 0.05) is 44.8 Å². The number of carbonyl (C=O) groups excluding carboxylic acids is 1. The Bertz CT molecular complexity index is 742. The van der Waals surface area contributed by atoms with Crippen molar-refractivity contribution in [3.05, 3.63) is 35.4 Å². The van der Waals surface area contributed by atoms with Crippen molar-refractivity contribution >= 4 is 5.91 Å². The molecule has 3 unspecified atom stereocenters. The van der Waals surface area contributed by atoms with Gasteiger partial charge in [0.1, 0.15) is 0 Å². The molecule has 1 aliphatic carbocycles. The number of hydrogen-bond donors (Lipinski definition) is 0. The van der Waals surface area contributed by atoms with Gasteiger partial charge >= 0.3 is 0 Å². The minimum atomic E-state index is 0.199. The standard InChI is InChI=1S/C27H40N2O2/c1-20-4-3-14-28(20)15-11-21-7-9-22(10-8-21)25-6-2-5-24-18-29(19-26(24)25)27(30)23-12-16-31-17-13-23/h7-10,20,23-26H,2-6,11-19H2,1H3/t20-,24?,25?,26?/m1/s1. The Labute approximate surface area is 188 Å². The highest BCUT2D eigenvalue weighted by atomic mass is 16.5. The van der Waals surface area contributed by atoms with E-state index >= 15 is 0 Å². The number of nitrogens with zero attached hydrogens (tertiary/aromatic N) is 2. The third kappa shape index (κ3) is 4.71. The molecular formula is C27H40N2O2. The number of fused-ring (bicyclic) bond motifs is 1. The highest BCUT2D eigenvalue weighted by Gasteiger charge is 2.43. The first-order valence-corrected chi connectivity index (χ1v) is 12.9. The van der Waals surface area contributed by atoms with Crippen LogP contribution in [0.5, 0.6) is 0 Å². The van der Waals surface area contributed by atoms with Crippen LogP contribution in [0.25, 0.3) is 0 Å². The van der Waals surface area contributed by atoms with Crippen LogP contribution in [-0.4, -0.2) is 61.1 Å². The normalized spacial score (nSPS) is 32.4. The summed E-state index contributed by atoms with van der Waals surface area (Å²) in [5.41, 5.74) is 2.98. The minimum absolute atomic E-state index is 0.199. The van der Waals surface area contributed by atoms with Gasteiger partial charge in [-0.3, -0.25) is 4.79 Å². The molecule has 0 N–H and O–H groups in total. The van der Waals surface area contributed by atoms with Crippen molar-refractivity contribution in [2.24, 2.45) is 17.8 Å². The minimum Gasteiger partial charge on any atom is -0.381 e. The lowest BCUT2D eigenvalue weighted by Gasteiger charge is -2.33. The first-order chi connectivity index (χ1) is 15.2. The van der Waals surface area contributed by atoms with Gasteiger partial charge in [0.05, 0.1) is 0 Å². The van der Waals surface area contributed by atoms with E-state index in [1.54, 1.807) is 0 Å². The van der Waals surface area contributed by atoms with Gasteiger partial charge in [0.25, 0.3) is 0 Å². The third-order valence-corrected chi connectivity index (χ3v) is 8.77. The fraction of sp³-hybridized carbons (Fsp3) is 0.741. The number of hydrogen-bond acceptors (Lipinski definition) is 3. The monoisotopic (exact) mass is 424 g/mol. The van der Waals surface area contributed by atoms with Crippen molar-refractivity contribution in [1.82, 2.24) is 9.80 Å². The van der Waals surface area contributed by atoms with Crippen LogP contribution in [0.3, 0.4) is 0 Å². The van der Waals surface area contributed by atoms with Crippen LogP contribution in [0.4, 0.5) is 0 Å². The van der Waals surface area contributed by atoms with Crippen molar-refractivity contribution in [1.29, 1.82) is 0 Å². The van der Waals surface area contributed by atoms with Crippen LogP contribution >= 0.6 is 0 Å². The molecule has 0 spiro atoms. The molecule has 1 aromatic rings. The zero-order chi connectivity index (χ0) is 21.2. The molecule has 1 aromatic carbocycles. The van der Waals surface area contributed by atoms with Gasteiger partial charge < -0.3 is 14.5 Å². The lowest BCUT2D eigenvalue weighted by atomic mass is 9.71. The molecule has 0 bridgehead atoms. The Kier molecular flexibility index (Phi) is 6.66. The highest BCUT2D eigenvalue weighted by molar-refractivity contribution is 5.79. The maximum Gasteiger partial charge on any atom is 0.225 e. The van der Waals surface area contributed by atoms with E-state index < -0.39 is 0 Å². The molecule has 3 aliphatic heterocycles. The number of benzene rings is 1.